The van der Waals surface area contributed by atoms with E-state index < -0.39 is 11.7 Å². The number of ether oxygens (including phenoxy) is 1. The van der Waals surface area contributed by atoms with Gasteiger partial charge in [-0.05, 0) is 43.2 Å². The number of unbranched alkanes of at least 4 members (excludes halogenated alkanes) is 4. The van der Waals surface area contributed by atoms with Crippen molar-refractivity contribution in [3.8, 4) is 5.75 Å². The Morgan fingerprint density at radius 1 is 1.11 bits per heavy atom. The van der Waals surface area contributed by atoms with E-state index in [4.69, 9.17) is 21.5 Å². The van der Waals surface area contributed by atoms with Gasteiger partial charge in [-0.1, -0.05) is 37.4 Å². The molecule has 0 spiro atoms. The number of anilines is 3. The van der Waals surface area contributed by atoms with Crippen molar-refractivity contribution in [2.24, 2.45) is 0 Å². The molecule has 0 unspecified atom stereocenters. The summed E-state index contributed by atoms with van der Waals surface area (Å²) in [5, 5.41) is 14.9. The summed E-state index contributed by atoms with van der Waals surface area (Å²) in [4.78, 5) is 31.6. The molecule has 0 radical (unpaired) electrons. The first-order valence-electron chi connectivity index (χ1n) is 11.4. The summed E-state index contributed by atoms with van der Waals surface area (Å²) in [5.74, 6) is -0.416. The van der Waals surface area contributed by atoms with Gasteiger partial charge in [-0.25, -0.2) is 19.8 Å². The largest absolute Gasteiger partial charge is 0.491 e. The second kappa shape index (κ2) is 13.4. The Balaban J connectivity index is 1.71. The summed E-state index contributed by atoms with van der Waals surface area (Å²) in [6, 6.07) is 7.65. The molecule has 0 saturated heterocycles. The SMILES string of the molecule is C=CC(=O)Nc1cc2c(Nc3ccc(F)c(Cl)c3)ncnc2cc1OCCCCCCCC(=O)NO. The molecular formula is C25H27ClFN5O4. The Labute approximate surface area is 212 Å². The first-order chi connectivity index (χ1) is 17.4. The number of hydrogen-bond donors (Lipinski definition) is 4. The van der Waals surface area contributed by atoms with Crippen molar-refractivity contribution in [3.05, 3.63) is 60.2 Å². The number of carbonyl (C=O) groups excluding carboxylic acids is 2. The molecule has 2 amide bonds. The molecule has 0 atom stereocenters. The molecule has 36 heavy (non-hydrogen) atoms. The van der Waals surface area contributed by atoms with Crippen LogP contribution in [0, 0.1) is 5.82 Å². The molecule has 9 nitrogen and oxygen atoms in total. The topological polar surface area (TPSA) is 125 Å². The maximum absolute atomic E-state index is 13.5. The molecule has 4 N–H and O–H groups in total. The van der Waals surface area contributed by atoms with Crippen LogP contribution in [0.5, 0.6) is 5.75 Å². The number of nitrogens with one attached hydrogen (secondary N) is 3. The average Bonchev–Trinajstić information content (AvgIpc) is 2.88. The molecule has 1 aromatic heterocycles. The van der Waals surface area contributed by atoms with Crippen molar-refractivity contribution in [3.63, 3.8) is 0 Å². The summed E-state index contributed by atoms with van der Waals surface area (Å²) < 4.78 is 19.5. The highest BCUT2D eigenvalue weighted by atomic mass is 35.5. The lowest BCUT2D eigenvalue weighted by Crippen LogP contribution is -2.17. The number of aromatic nitrogens is 2. The van der Waals surface area contributed by atoms with Crippen LogP contribution in [0.1, 0.15) is 38.5 Å². The van der Waals surface area contributed by atoms with E-state index in [0.29, 0.717) is 53.3 Å². The lowest BCUT2D eigenvalue weighted by Gasteiger charge is -2.15. The van der Waals surface area contributed by atoms with Gasteiger partial charge in [0.1, 0.15) is 23.7 Å². The fourth-order valence-electron chi connectivity index (χ4n) is 3.45. The predicted octanol–water partition coefficient (Wildman–Crippen LogP) is 5.52. The van der Waals surface area contributed by atoms with Crippen LogP contribution in [-0.2, 0) is 9.59 Å². The number of benzene rings is 2. The van der Waals surface area contributed by atoms with Gasteiger partial charge in [-0.3, -0.25) is 14.8 Å². The molecule has 0 aliphatic carbocycles. The highest BCUT2D eigenvalue weighted by molar-refractivity contribution is 6.31. The second-order valence-electron chi connectivity index (χ2n) is 7.94. The molecular weight excluding hydrogens is 489 g/mol. The van der Waals surface area contributed by atoms with Crippen molar-refractivity contribution in [1.29, 1.82) is 0 Å². The lowest BCUT2D eigenvalue weighted by molar-refractivity contribution is -0.129. The Hall–Kier alpha value is -3.76. The first kappa shape index (κ1) is 26.8. The highest BCUT2D eigenvalue weighted by Crippen LogP contribution is 2.34. The average molecular weight is 516 g/mol. The minimum atomic E-state index is -0.528. The molecule has 0 fully saturated rings. The number of fused-ring (bicyclic) bond motifs is 1. The number of halogens is 2. The second-order valence-corrected chi connectivity index (χ2v) is 8.34. The molecule has 0 aliphatic heterocycles. The van der Waals surface area contributed by atoms with Gasteiger partial charge >= 0.3 is 0 Å². The lowest BCUT2D eigenvalue weighted by atomic mass is 10.1. The van der Waals surface area contributed by atoms with E-state index >= 15 is 0 Å². The summed E-state index contributed by atoms with van der Waals surface area (Å²) in [5.41, 5.74) is 3.17. The molecule has 0 saturated carbocycles. The van der Waals surface area contributed by atoms with E-state index in [1.165, 1.54) is 24.5 Å². The number of nitrogens with zero attached hydrogens (tertiary/aromatic N) is 2. The van der Waals surface area contributed by atoms with Gasteiger partial charge in [0.2, 0.25) is 11.8 Å². The number of amides is 2. The number of hydrogen-bond acceptors (Lipinski definition) is 7. The summed E-state index contributed by atoms with van der Waals surface area (Å²) in [6.45, 7) is 3.91. The van der Waals surface area contributed by atoms with Crippen LogP contribution in [0.3, 0.4) is 0 Å². The van der Waals surface area contributed by atoms with Gasteiger partial charge in [0.15, 0.2) is 0 Å². The number of carbonyl (C=O) groups is 2. The maximum atomic E-state index is 13.5. The highest BCUT2D eigenvalue weighted by Gasteiger charge is 2.13. The van der Waals surface area contributed by atoms with Gasteiger partial charge in [-0.15, -0.1) is 0 Å². The van der Waals surface area contributed by atoms with Crippen LogP contribution in [0.2, 0.25) is 5.02 Å². The van der Waals surface area contributed by atoms with Crippen LogP contribution in [0.25, 0.3) is 10.9 Å². The van der Waals surface area contributed by atoms with Gasteiger partial charge < -0.3 is 15.4 Å². The van der Waals surface area contributed by atoms with E-state index in [9.17, 15) is 14.0 Å². The van der Waals surface area contributed by atoms with Crippen molar-refractivity contribution in [2.45, 2.75) is 38.5 Å². The van der Waals surface area contributed by atoms with Gasteiger partial charge in [0.05, 0.1) is 22.8 Å². The quantitative estimate of drug-likeness (QED) is 0.102. The molecule has 190 valence electrons. The van der Waals surface area contributed by atoms with Gasteiger partial charge in [0, 0.05) is 23.6 Å². The van der Waals surface area contributed by atoms with E-state index in [0.717, 1.165) is 31.8 Å². The van der Waals surface area contributed by atoms with E-state index in [1.54, 1.807) is 17.6 Å². The smallest absolute Gasteiger partial charge is 0.247 e. The Morgan fingerprint density at radius 2 is 1.89 bits per heavy atom. The Kier molecular flexibility index (Phi) is 9.96. The normalized spacial score (nSPS) is 10.6. The minimum Gasteiger partial charge on any atom is -0.491 e. The molecule has 11 heteroatoms. The summed E-state index contributed by atoms with van der Waals surface area (Å²) in [6.07, 6.45) is 7.02. The minimum absolute atomic E-state index is 0.0244. The Bertz CT molecular complexity index is 1240. The zero-order valence-corrected chi connectivity index (χ0v) is 20.3. The van der Waals surface area contributed by atoms with Crippen LogP contribution in [0.15, 0.2) is 49.3 Å². The summed E-state index contributed by atoms with van der Waals surface area (Å²) in [7, 11) is 0. The molecule has 3 rings (SSSR count). The molecule has 3 aromatic rings. The van der Waals surface area contributed by atoms with Gasteiger partial charge in [-0.2, -0.15) is 0 Å². The third-order valence-corrected chi connectivity index (χ3v) is 5.58. The van der Waals surface area contributed by atoms with Crippen molar-refractivity contribution in [2.75, 3.05) is 17.2 Å². The van der Waals surface area contributed by atoms with Crippen molar-refractivity contribution < 1.29 is 23.9 Å². The van der Waals surface area contributed by atoms with Crippen molar-refractivity contribution in [1.82, 2.24) is 15.4 Å². The molecule has 0 bridgehead atoms. The fraction of sp³-hybridized carbons (Fsp3) is 0.280. The monoisotopic (exact) mass is 515 g/mol. The Morgan fingerprint density at radius 3 is 2.64 bits per heavy atom. The predicted molar refractivity (Wildman–Crippen MR) is 136 cm³/mol. The van der Waals surface area contributed by atoms with Crippen LogP contribution >= 0.6 is 11.6 Å². The van der Waals surface area contributed by atoms with Crippen molar-refractivity contribution >= 4 is 51.5 Å². The van der Waals surface area contributed by atoms with E-state index in [-0.39, 0.29) is 10.9 Å². The number of rotatable bonds is 13. The third-order valence-electron chi connectivity index (χ3n) is 5.29. The summed E-state index contributed by atoms with van der Waals surface area (Å²) >= 11 is 5.89. The van der Waals surface area contributed by atoms with Gasteiger partial charge in [0.25, 0.3) is 0 Å². The van der Waals surface area contributed by atoms with E-state index in [2.05, 4.69) is 27.2 Å². The molecule has 0 aliphatic rings. The number of hydroxylamine groups is 1. The van der Waals surface area contributed by atoms with Crippen LogP contribution in [0.4, 0.5) is 21.6 Å². The standard InChI is InChI=1S/C25H27ClFN5O4/c1-2-23(33)31-21-13-17-20(14-22(21)36-11-7-5-3-4-6-8-24(34)32-35)28-15-29-25(17)30-16-9-10-19(27)18(26)12-16/h2,9-10,12-15,35H,1,3-8,11H2,(H,31,33)(H,32,34)(H,28,29,30). The third kappa shape index (κ3) is 7.62. The molecule has 2 aromatic carbocycles. The zero-order chi connectivity index (χ0) is 25.9. The fourth-order valence-corrected chi connectivity index (χ4v) is 3.63. The van der Waals surface area contributed by atoms with E-state index in [1.807, 2.05) is 0 Å². The molecule has 1 heterocycles. The maximum Gasteiger partial charge on any atom is 0.247 e. The van der Waals surface area contributed by atoms with Crippen LogP contribution < -0.4 is 20.9 Å². The van der Waals surface area contributed by atoms with Crippen LogP contribution in [-0.4, -0.2) is 33.6 Å². The first-order valence-corrected chi connectivity index (χ1v) is 11.8. The zero-order valence-electron chi connectivity index (χ0n) is 19.5.